The fraction of sp³-hybridized carbons (Fsp3) is 0.409. The molecule has 2 aromatic carbocycles. The summed E-state index contributed by atoms with van der Waals surface area (Å²) in [5.41, 5.74) is 2.94. The molecule has 3 rings (SSSR count). The van der Waals surface area contributed by atoms with Gasteiger partial charge in [0, 0.05) is 24.1 Å². The molecule has 0 saturated carbocycles. The zero-order chi connectivity index (χ0) is 19.9. The molecule has 0 aromatic heterocycles. The van der Waals surface area contributed by atoms with Crippen molar-refractivity contribution in [2.45, 2.75) is 33.4 Å². The number of rotatable bonds is 8. The average molecular weight is 387 g/mol. The second kappa shape index (κ2) is 9.55. The predicted molar refractivity (Wildman–Crippen MR) is 105 cm³/mol. The number of amides is 1. The summed E-state index contributed by atoms with van der Waals surface area (Å²) in [7, 11) is 0. The van der Waals surface area contributed by atoms with Crippen LogP contribution in [0, 0.1) is 5.82 Å². The first-order chi connectivity index (χ1) is 13.6. The lowest BCUT2D eigenvalue weighted by Gasteiger charge is -2.26. The molecule has 1 unspecified atom stereocenters. The van der Waals surface area contributed by atoms with Crippen LogP contribution in [0.3, 0.4) is 0 Å². The van der Waals surface area contributed by atoms with Crippen molar-refractivity contribution in [1.82, 2.24) is 5.32 Å². The SMILES string of the molecule is CCOc1cc2c(cc1OCC)C[NH+](CC(=O)NCc1ccccc1F)CC2. The molecule has 1 aliphatic heterocycles. The van der Waals surface area contributed by atoms with Crippen LogP contribution in [-0.4, -0.2) is 32.2 Å². The van der Waals surface area contributed by atoms with E-state index in [0.717, 1.165) is 31.0 Å². The largest absolute Gasteiger partial charge is 0.490 e. The van der Waals surface area contributed by atoms with Crippen molar-refractivity contribution in [3.05, 3.63) is 58.9 Å². The first-order valence-electron chi connectivity index (χ1n) is 9.85. The van der Waals surface area contributed by atoms with E-state index in [2.05, 4.69) is 11.4 Å². The van der Waals surface area contributed by atoms with Crippen molar-refractivity contribution in [2.75, 3.05) is 26.3 Å². The van der Waals surface area contributed by atoms with Gasteiger partial charge >= 0.3 is 0 Å². The van der Waals surface area contributed by atoms with Crippen LogP contribution in [0.1, 0.15) is 30.5 Å². The Bertz CT molecular complexity index is 825. The van der Waals surface area contributed by atoms with E-state index in [1.54, 1.807) is 18.2 Å². The number of nitrogens with one attached hydrogen (secondary N) is 2. The van der Waals surface area contributed by atoms with Gasteiger partial charge in [-0.1, -0.05) is 18.2 Å². The molecule has 1 aliphatic rings. The quantitative estimate of drug-likeness (QED) is 0.727. The Labute approximate surface area is 165 Å². The van der Waals surface area contributed by atoms with Crippen LogP contribution in [0.25, 0.3) is 0 Å². The van der Waals surface area contributed by atoms with Crippen LogP contribution >= 0.6 is 0 Å². The van der Waals surface area contributed by atoms with E-state index in [1.165, 1.54) is 22.1 Å². The Hall–Kier alpha value is -2.60. The van der Waals surface area contributed by atoms with Gasteiger partial charge in [0.05, 0.1) is 19.8 Å². The third kappa shape index (κ3) is 5.01. The summed E-state index contributed by atoms with van der Waals surface area (Å²) in [6.07, 6.45) is 0.887. The lowest BCUT2D eigenvalue weighted by atomic mass is 9.98. The smallest absolute Gasteiger partial charge is 0.275 e. The molecule has 0 bridgehead atoms. The normalized spacial score (nSPS) is 15.6. The molecule has 0 fully saturated rings. The minimum absolute atomic E-state index is 0.0716. The van der Waals surface area contributed by atoms with Gasteiger partial charge in [0.25, 0.3) is 5.91 Å². The van der Waals surface area contributed by atoms with Gasteiger partial charge in [-0.2, -0.15) is 0 Å². The van der Waals surface area contributed by atoms with Crippen LogP contribution in [0.15, 0.2) is 36.4 Å². The van der Waals surface area contributed by atoms with E-state index in [0.29, 0.717) is 25.3 Å². The Kier molecular flexibility index (Phi) is 6.87. The maximum Gasteiger partial charge on any atom is 0.275 e. The highest BCUT2D eigenvalue weighted by Gasteiger charge is 2.24. The maximum atomic E-state index is 13.7. The molecule has 1 atom stereocenters. The topological polar surface area (TPSA) is 52.0 Å². The molecule has 1 heterocycles. The minimum atomic E-state index is -0.296. The van der Waals surface area contributed by atoms with Gasteiger partial charge in [0.1, 0.15) is 12.4 Å². The van der Waals surface area contributed by atoms with Crippen molar-refractivity contribution >= 4 is 5.91 Å². The minimum Gasteiger partial charge on any atom is -0.490 e. The number of carbonyl (C=O) groups excluding carboxylic acids is 1. The molecule has 1 amide bonds. The lowest BCUT2D eigenvalue weighted by molar-refractivity contribution is -0.908. The summed E-state index contributed by atoms with van der Waals surface area (Å²) < 4.78 is 25.1. The Balaban J connectivity index is 1.60. The Morgan fingerprint density at radius 1 is 1.11 bits per heavy atom. The first-order valence-corrected chi connectivity index (χ1v) is 9.85. The fourth-order valence-electron chi connectivity index (χ4n) is 3.52. The van der Waals surface area contributed by atoms with Crippen LogP contribution in [0.5, 0.6) is 11.5 Å². The molecule has 0 radical (unpaired) electrons. The number of ether oxygens (including phenoxy) is 2. The van der Waals surface area contributed by atoms with Gasteiger partial charge in [0.15, 0.2) is 18.0 Å². The van der Waals surface area contributed by atoms with Gasteiger partial charge in [-0.15, -0.1) is 0 Å². The molecule has 0 spiro atoms. The molecular formula is C22H28FN2O3+. The summed E-state index contributed by atoms with van der Waals surface area (Å²) in [5.74, 6) is 1.18. The lowest BCUT2D eigenvalue weighted by Crippen LogP contribution is -3.12. The van der Waals surface area contributed by atoms with E-state index in [-0.39, 0.29) is 18.3 Å². The summed E-state index contributed by atoms with van der Waals surface area (Å²) in [5, 5.41) is 2.82. The molecule has 2 aromatic rings. The second-order valence-electron chi connectivity index (χ2n) is 6.91. The predicted octanol–water partition coefficient (Wildman–Crippen LogP) is 1.88. The summed E-state index contributed by atoms with van der Waals surface area (Å²) in [4.78, 5) is 13.5. The van der Waals surface area contributed by atoms with Crippen LogP contribution in [0.2, 0.25) is 0 Å². The van der Waals surface area contributed by atoms with Crippen molar-refractivity contribution in [1.29, 1.82) is 0 Å². The summed E-state index contributed by atoms with van der Waals surface area (Å²) in [6.45, 7) is 7.29. The van der Waals surface area contributed by atoms with Crippen molar-refractivity contribution in [3.63, 3.8) is 0 Å². The standard InChI is InChI=1S/C22H27FN2O3/c1-3-27-20-11-16-9-10-25(14-18(16)12-21(20)28-4-2)15-22(26)24-13-17-7-5-6-8-19(17)23/h5-8,11-12H,3-4,9-10,13-15H2,1-2H3,(H,24,26)/p+1. The molecule has 150 valence electrons. The molecule has 2 N–H and O–H groups in total. The van der Waals surface area contributed by atoms with E-state index < -0.39 is 0 Å². The highest BCUT2D eigenvalue weighted by atomic mass is 19.1. The summed E-state index contributed by atoms with van der Waals surface area (Å²) >= 11 is 0. The number of hydrogen-bond acceptors (Lipinski definition) is 3. The molecular weight excluding hydrogens is 359 g/mol. The third-order valence-corrected chi connectivity index (χ3v) is 4.90. The molecule has 0 saturated heterocycles. The van der Waals surface area contributed by atoms with E-state index >= 15 is 0 Å². The zero-order valence-electron chi connectivity index (χ0n) is 16.5. The highest BCUT2D eigenvalue weighted by Crippen LogP contribution is 2.32. The zero-order valence-corrected chi connectivity index (χ0v) is 16.5. The van der Waals surface area contributed by atoms with Gasteiger partial charge in [-0.05, 0) is 37.6 Å². The molecule has 0 aliphatic carbocycles. The number of hydrogen-bond donors (Lipinski definition) is 2. The molecule has 6 heteroatoms. The van der Waals surface area contributed by atoms with Gasteiger partial charge in [-0.3, -0.25) is 4.79 Å². The van der Waals surface area contributed by atoms with Gasteiger partial charge in [0.2, 0.25) is 0 Å². The summed E-state index contributed by atoms with van der Waals surface area (Å²) in [6, 6.07) is 10.6. The van der Waals surface area contributed by atoms with Crippen LogP contribution in [-0.2, 0) is 24.3 Å². The Morgan fingerprint density at radius 2 is 1.79 bits per heavy atom. The average Bonchev–Trinajstić information content (AvgIpc) is 2.68. The van der Waals surface area contributed by atoms with E-state index in [4.69, 9.17) is 9.47 Å². The number of halogens is 1. The monoisotopic (exact) mass is 387 g/mol. The number of fused-ring (bicyclic) bond motifs is 1. The van der Waals surface area contributed by atoms with Crippen molar-refractivity contribution < 1.29 is 23.6 Å². The van der Waals surface area contributed by atoms with Crippen LogP contribution in [0.4, 0.5) is 4.39 Å². The van der Waals surface area contributed by atoms with Gasteiger partial charge < -0.3 is 19.7 Å². The number of benzene rings is 2. The first kappa shape index (κ1) is 20.1. The van der Waals surface area contributed by atoms with Gasteiger partial charge in [-0.25, -0.2) is 4.39 Å². The Morgan fingerprint density at radius 3 is 2.46 bits per heavy atom. The maximum absolute atomic E-state index is 13.7. The van der Waals surface area contributed by atoms with Crippen molar-refractivity contribution in [3.8, 4) is 11.5 Å². The van der Waals surface area contributed by atoms with Crippen molar-refractivity contribution in [2.24, 2.45) is 0 Å². The van der Waals surface area contributed by atoms with Crippen LogP contribution < -0.4 is 19.7 Å². The highest BCUT2D eigenvalue weighted by molar-refractivity contribution is 5.76. The second-order valence-corrected chi connectivity index (χ2v) is 6.91. The number of carbonyl (C=O) groups is 1. The third-order valence-electron chi connectivity index (χ3n) is 4.90. The molecule has 5 nitrogen and oxygen atoms in total. The van der Waals surface area contributed by atoms with E-state index in [1.807, 2.05) is 19.9 Å². The van der Waals surface area contributed by atoms with E-state index in [9.17, 15) is 9.18 Å². The fourth-order valence-corrected chi connectivity index (χ4v) is 3.52. The molecule has 28 heavy (non-hydrogen) atoms. The number of quaternary nitrogens is 1.